The summed E-state index contributed by atoms with van der Waals surface area (Å²) in [6.45, 7) is 8.98. The molecule has 2 aliphatic heterocycles. The van der Waals surface area contributed by atoms with Crippen molar-refractivity contribution in [3.05, 3.63) is 60.7 Å². The molecule has 2 aliphatic rings. The largest absolute Gasteiger partial charge is 0.462 e. The van der Waals surface area contributed by atoms with Crippen LogP contribution in [0.3, 0.4) is 0 Å². The number of rotatable bonds is 7. The quantitative estimate of drug-likeness (QED) is 0.510. The summed E-state index contributed by atoms with van der Waals surface area (Å²) in [5.74, 6) is -1.93. The van der Waals surface area contributed by atoms with E-state index in [0.717, 1.165) is 0 Å². The first kappa shape index (κ1) is 23.1. The maximum absolute atomic E-state index is 12.6. The van der Waals surface area contributed by atoms with Crippen LogP contribution in [0.15, 0.2) is 60.7 Å². The first-order valence-corrected chi connectivity index (χ1v) is 13.2. The molecule has 0 aliphatic carbocycles. The molecule has 0 radical (unpaired) electrons. The van der Waals surface area contributed by atoms with E-state index in [4.69, 9.17) is 24.4 Å². The molecule has 2 aromatic rings. The van der Waals surface area contributed by atoms with Gasteiger partial charge in [-0.15, -0.1) is 0 Å². The van der Waals surface area contributed by atoms with Gasteiger partial charge in [-0.3, -0.25) is 0 Å². The van der Waals surface area contributed by atoms with Crippen molar-refractivity contribution in [1.29, 1.82) is 0 Å². The van der Waals surface area contributed by atoms with Crippen LogP contribution in [0.4, 0.5) is 0 Å². The van der Waals surface area contributed by atoms with Gasteiger partial charge in [0.25, 0.3) is 14.1 Å². The molecule has 172 valence electrons. The zero-order valence-corrected chi connectivity index (χ0v) is 20.2. The van der Waals surface area contributed by atoms with Crippen LogP contribution in [0.1, 0.15) is 34.1 Å². The number of esters is 1. The number of hydrogen-bond donors (Lipinski definition) is 1. The molecule has 0 aromatic heterocycles. The lowest BCUT2D eigenvalue weighted by atomic mass is 9.99. The Kier molecular flexibility index (Phi) is 6.31. The van der Waals surface area contributed by atoms with Crippen LogP contribution in [0.25, 0.3) is 0 Å². The number of fused-ring (bicyclic) bond motifs is 2. The molecular formula is C25H33NO5Si. The third kappa shape index (κ3) is 3.82. The Morgan fingerprint density at radius 1 is 1.06 bits per heavy atom. The van der Waals surface area contributed by atoms with Crippen LogP contribution in [-0.4, -0.2) is 51.5 Å². The fourth-order valence-corrected chi connectivity index (χ4v) is 9.61. The van der Waals surface area contributed by atoms with Gasteiger partial charge in [0.2, 0.25) is 0 Å². The van der Waals surface area contributed by atoms with E-state index in [2.05, 4.69) is 69.3 Å². The second kappa shape index (κ2) is 8.72. The zero-order chi connectivity index (χ0) is 23.0. The maximum atomic E-state index is 12.6. The summed E-state index contributed by atoms with van der Waals surface area (Å²) in [4.78, 5) is 12.6. The Morgan fingerprint density at radius 2 is 1.62 bits per heavy atom. The normalized spacial score (nSPS) is 27.5. The molecule has 0 saturated carbocycles. The highest BCUT2D eigenvalue weighted by Gasteiger charge is 2.63. The number of carbonyl (C=O) groups is 1. The van der Waals surface area contributed by atoms with E-state index in [1.807, 2.05) is 12.1 Å². The van der Waals surface area contributed by atoms with Crippen molar-refractivity contribution in [2.24, 2.45) is 5.73 Å². The third-order valence-electron chi connectivity index (χ3n) is 6.43. The van der Waals surface area contributed by atoms with Gasteiger partial charge >= 0.3 is 5.97 Å². The van der Waals surface area contributed by atoms with Gasteiger partial charge in [-0.1, -0.05) is 81.4 Å². The monoisotopic (exact) mass is 455 g/mol. The summed E-state index contributed by atoms with van der Waals surface area (Å²) < 4.78 is 24.3. The van der Waals surface area contributed by atoms with Crippen molar-refractivity contribution in [2.75, 3.05) is 13.2 Å². The number of benzene rings is 2. The van der Waals surface area contributed by atoms with Gasteiger partial charge in [-0.25, -0.2) is 4.79 Å². The highest BCUT2D eigenvalue weighted by molar-refractivity contribution is 6.99. The molecule has 0 spiro atoms. The molecule has 2 N–H and O–H groups in total. The molecule has 7 heteroatoms. The summed E-state index contributed by atoms with van der Waals surface area (Å²) in [5, 5.41) is 2.22. The Hall–Kier alpha value is -2.03. The van der Waals surface area contributed by atoms with Crippen LogP contribution in [-0.2, 0) is 23.4 Å². The topological polar surface area (TPSA) is 80.0 Å². The number of carbonyl (C=O) groups excluding carboxylic acids is 1. The molecule has 4 rings (SSSR count). The average Bonchev–Trinajstić information content (AvgIpc) is 3.31. The number of ether oxygens (including phenoxy) is 3. The Morgan fingerprint density at radius 3 is 2.12 bits per heavy atom. The van der Waals surface area contributed by atoms with Crippen LogP contribution >= 0.6 is 0 Å². The number of nitrogens with two attached hydrogens (primary N) is 1. The van der Waals surface area contributed by atoms with Gasteiger partial charge in [0.1, 0.15) is 12.2 Å². The van der Waals surface area contributed by atoms with E-state index in [-0.39, 0.29) is 24.3 Å². The third-order valence-corrected chi connectivity index (χ3v) is 11.4. The Labute approximate surface area is 191 Å². The minimum Gasteiger partial charge on any atom is -0.462 e. The first-order chi connectivity index (χ1) is 15.2. The predicted molar refractivity (Wildman–Crippen MR) is 125 cm³/mol. The van der Waals surface area contributed by atoms with Crippen molar-refractivity contribution in [2.45, 2.75) is 63.2 Å². The van der Waals surface area contributed by atoms with Gasteiger partial charge in [0, 0.05) is 12.5 Å². The van der Waals surface area contributed by atoms with Crippen LogP contribution in [0, 0.1) is 0 Å². The second-order valence-electron chi connectivity index (χ2n) is 9.55. The first-order valence-electron chi connectivity index (χ1n) is 11.3. The Balaban J connectivity index is 1.67. The smallest absolute Gasteiger partial charge is 0.366 e. The Bertz CT molecular complexity index is 893. The lowest BCUT2D eigenvalue weighted by Gasteiger charge is -2.44. The molecule has 2 heterocycles. The molecule has 2 saturated heterocycles. The van der Waals surface area contributed by atoms with Gasteiger partial charge in [0.05, 0.1) is 13.2 Å². The maximum Gasteiger partial charge on any atom is 0.366 e. The standard InChI is InChI=1S/C25H33NO5Si/c1-5-28-23(27)25-16-20(26)22(31-25)21(30-25)17-29-32(24(2,3)4,18-12-8-6-9-13-18)19-14-10-7-11-15-19/h6-15,20-22H,5,16-17,26H2,1-4H3/t20-,21-,22-,25-/m0/s1. The molecule has 6 nitrogen and oxygen atoms in total. The van der Waals surface area contributed by atoms with E-state index >= 15 is 0 Å². The predicted octanol–water partition coefficient (Wildman–Crippen LogP) is 2.34. The van der Waals surface area contributed by atoms with Crippen LogP contribution in [0.5, 0.6) is 0 Å². The van der Waals surface area contributed by atoms with Crippen LogP contribution < -0.4 is 16.1 Å². The van der Waals surface area contributed by atoms with Crippen molar-refractivity contribution < 1.29 is 23.4 Å². The summed E-state index contributed by atoms with van der Waals surface area (Å²) in [5.41, 5.74) is 6.32. The van der Waals surface area contributed by atoms with E-state index in [1.165, 1.54) is 10.4 Å². The lowest BCUT2D eigenvalue weighted by molar-refractivity contribution is -0.208. The van der Waals surface area contributed by atoms with Gasteiger partial charge < -0.3 is 24.4 Å². The van der Waals surface area contributed by atoms with Gasteiger partial charge in [-0.05, 0) is 22.3 Å². The van der Waals surface area contributed by atoms with E-state index in [9.17, 15) is 4.79 Å². The molecule has 2 aromatic carbocycles. The molecule has 4 atom stereocenters. The minimum absolute atomic E-state index is 0.158. The fraction of sp³-hybridized carbons (Fsp3) is 0.480. The van der Waals surface area contributed by atoms with Crippen molar-refractivity contribution in [3.63, 3.8) is 0 Å². The van der Waals surface area contributed by atoms with Crippen LogP contribution in [0.2, 0.25) is 5.04 Å². The summed E-state index contributed by atoms with van der Waals surface area (Å²) in [6.07, 6.45) is -0.547. The summed E-state index contributed by atoms with van der Waals surface area (Å²) >= 11 is 0. The zero-order valence-electron chi connectivity index (χ0n) is 19.2. The van der Waals surface area contributed by atoms with E-state index in [0.29, 0.717) is 6.42 Å². The molecule has 0 unspecified atom stereocenters. The van der Waals surface area contributed by atoms with Crippen molar-refractivity contribution >= 4 is 24.7 Å². The highest BCUT2D eigenvalue weighted by Crippen LogP contribution is 2.44. The average molecular weight is 456 g/mol. The molecule has 0 amide bonds. The fourth-order valence-electron chi connectivity index (χ4n) is 5.04. The minimum atomic E-state index is -2.73. The van der Waals surface area contributed by atoms with Gasteiger partial charge in [-0.2, -0.15) is 0 Å². The van der Waals surface area contributed by atoms with E-state index < -0.39 is 32.3 Å². The molecular weight excluding hydrogens is 422 g/mol. The summed E-state index contributed by atoms with van der Waals surface area (Å²) in [7, 11) is -2.73. The van der Waals surface area contributed by atoms with Crippen molar-refractivity contribution in [1.82, 2.24) is 0 Å². The number of hydrogen-bond acceptors (Lipinski definition) is 6. The highest BCUT2D eigenvalue weighted by atomic mass is 28.4. The van der Waals surface area contributed by atoms with Gasteiger partial charge in [0.15, 0.2) is 0 Å². The molecule has 2 fully saturated rings. The molecule has 2 bridgehead atoms. The lowest BCUT2D eigenvalue weighted by Crippen LogP contribution is -2.67. The second-order valence-corrected chi connectivity index (χ2v) is 13.9. The SMILES string of the molecule is CCOC(=O)[C@]12C[C@H](N)[C@H](O1)[C@H](CO[Si](c1ccccc1)(c1ccccc1)C(C)(C)C)O2. The molecule has 32 heavy (non-hydrogen) atoms. The van der Waals surface area contributed by atoms with Crippen molar-refractivity contribution in [3.8, 4) is 0 Å². The van der Waals surface area contributed by atoms with E-state index in [1.54, 1.807) is 6.92 Å². The summed E-state index contributed by atoms with van der Waals surface area (Å²) in [6, 6.07) is 20.5.